The van der Waals surface area contributed by atoms with E-state index in [4.69, 9.17) is 4.74 Å². The summed E-state index contributed by atoms with van der Waals surface area (Å²) in [5.41, 5.74) is 1.65. The number of nitrogens with zero attached hydrogens (tertiary/aromatic N) is 2. The summed E-state index contributed by atoms with van der Waals surface area (Å²) in [6.07, 6.45) is 6.32. The Balaban J connectivity index is 1.50. The fourth-order valence-electron chi connectivity index (χ4n) is 3.06. The lowest BCUT2D eigenvalue weighted by Crippen LogP contribution is -2.38. The van der Waals surface area contributed by atoms with Gasteiger partial charge >= 0.3 is 0 Å². The molecule has 1 unspecified atom stereocenters. The van der Waals surface area contributed by atoms with Crippen LogP contribution in [0.3, 0.4) is 0 Å². The molecule has 1 aliphatic rings. The SMILES string of the molecule is O=c1c(-c2ccccc2)ccnn1CCCCCC1CNCCO1. The van der Waals surface area contributed by atoms with Crippen LogP contribution < -0.4 is 10.9 Å². The van der Waals surface area contributed by atoms with Crippen LogP contribution in [0.5, 0.6) is 0 Å². The normalized spacial score (nSPS) is 17.8. The number of hydrogen-bond donors (Lipinski definition) is 1. The monoisotopic (exact) mass is 327 g/mol. The zero-order valence-electron chi connectivity index (χ0n) is 14.0. The molecule has 0 bridgehead atoms. The third-order valence-corrected chi connectivity index (χ3v) is 4.40. The van der Waals surface area contributed by atoms with E-state index in [1.54, 1.807) is 16.9 Å². The van der Waals surface area contributed by atoms with Crippen LogP contribution >= 0.6 is 0 Å². The van der Waals surface area contributed by atoms with Gasteiger partial charge in [-0.2, -0.15) is 5.10 Å². The van der Waals surface area contributed by atoms with Crippen LogP contribution in [-0.4, -0.2) is 35.6 Å². The highest BCUT2D eigenvalue weighted by Crippen LogP contribution is 2.13. The molecule has 0 amide bonds. The number of nitrogens with one attached hydrogen (secondary N) is 1. The Morgan fingerprint density at radius 2 is 2.04 bits per heavy atom. The third kappa shape index (κ3) is 4.52. The molecule has 1 aromatic heterocycles. The summed E-state index contributed by atoms with van der Waals surface area (Å²) < 4.78 is 7.28. The average molecular weight is 327 g/mol. The minimum atomic E-state index is -0.0106. The summed E-state index contributed by atoms with van der Waals surface area (Å²) in [5.74, 6) is 0. The van der Waals surface area contributed by atoms with Gasteiger partial charge in [-0.3, -0.25) is 4.79 Å². The molecule has 0 spiro atoms. The molecule has 0 aliphatic carbocycles. The van der Waals surface area contributed by atoms with Crippen molar-refractivity contribution in [3.8, 4) is 11.1 Å². The molecule has 5 heteroatoms. The highest BCUT2D eigenvalue weighted by molar-refractivity contribution is 5.61. The lowest BCUT2D eigenvalue weighted by atomic mass is 10.1. The zero-order valence-corrected chi connectivity index (χ0v) is 14.0. The van der Waals surface area contributed by atoms with Crippen molar-refractivity contribution in [2.45, 2.75) is 38.3 Å². The highest BCUT2D eigenvalue weighted by Gasteiger charge is 2.12. The van der Waals surface area contributed by atoms with E-state index in [1.165, 1.54) is 0 Å². The van der Waals surface area contributed by atoms with E-state index in [2.05, 4.69) is 10.4 Å². The minimum absolute atomic E-state index is 0.0106. The van der Waals surface area contributed by atoms with Gasteiger partial charge in [-0.05, 0) is 24.5 Å². The summed E-state index contributed by atoms with van der Waals surface area (Å²) in [4.78, 5) is 12.6. The molecule has 1 atom stereocenters. The van der Waals surface area contributed by atoms with Crippen molar-refractivity contribution in [1.29, 1.82) is 0 Å². The first kappa shape index (κ1) is 16.9. The van der Waals surface area contributed by atoms with Crippen molar-refractivity contribution in [3.05, 3.63) is 52.9 Å². The Bertz CT molecular complexity index is 679. The van der Waals surface area contributed by atoms with Crippen LogP contribution in [0.1, 0.15) is 25.7 Å². The molecule has 1 N–H and O–H groups in total. The van der Waals surface area contributed by atoms with E-state index < -0.39 is 0 Å². The second-order valence-corrected chi connectivity index (χ2v) is 6.19. The fraction of sp³-hybridized carbons (Fsp3) is 0.474. The number of rotatable bonds is 7. The molecule has 1 fully saturated rings. The maximum atomic E-state index is 12.6. The molecule has 2 heterocycles. The van der Waals surface area contributed by atoms with Crippen LogP contribution in [-0.2, 0) is 11.3 Å². The number of aromatic nitrogens is 2. The van der Waals surface area contributed by atoms with E-state index >= 15 is 0 Å². The van der Waals surface area contributed by atoms with Crippen LogP contribution in [0.15, 0.2) is 47.4 Å². The molecule has 1 aliphatic heterocycles. The fourth-order valence-corrected chi connectivity index (χ4v) is 3.06. The predicted octanol–water partition coefficient (Wildman–Crippen LogP) is 2.46. The maximum absolute atomic E-state index is 12.6. The lowest BCUT2D eigenvalue weighted by Gasteiger charge is -2.23. The summed E-state index contributed by atoms with van der Waals surface area (Å²) in [6.45, 7) is 3.41. The quantitative estimate of drug-likeness (QED) is 0.794. The van der Waals surface area contributed by atoms with Crippen molar-refractivity contribution in [2.24, 2.45) is 0 Å². The standard InChI is InChI=1S/C19H25N3O2/c23-19-18(16-7-3-1-4-8-16)10-11-21-22(19)13-6-2-5-9-17-15-20-12-14-24-17/h1,3-4,7-8,10-11,17,20H,2,5-6,9,12-15H2. The Kier molecular flexibility index (Phi) is 6.15. The number of morpholine rings is 1. The number of ether oxygens (including phenoxy) is 1. The van der Waals surface area contributed by atoms with Gasteiger partial charge in [0.1, 0.15) is 0 Å². The molecule has 24 heavy (non-hydrogen) atoms. The summed E-state index contributed by atoms with van der Waals surface area (Å²) >= 11 is 0. The Morgan fingerprint density at radius 1 is 1.17 bits per heavy atom. The van der Waals surface area contributed by atoms with E-state index in [9.17, 15) is 4.79 Å². The van der Waals surface area contributed by atoms with Gasteiger partial charge < -0.3 is 10.1 Å². The van der Waals surface area contributed by atoms with Gasteiger partial charge in [-0.25, -0.2) is 4.68 Å². The minimum Gasteiger partial charge on any atom is -0.376 e. The predicted molar refractivity (Wildman–Crippen MR) is 95.0 cm³/mol. The second kappa shape index (κ2) is 8.76. The first-order chi connectivity index (χ1) is 11.8. The van der Waals surface area contributed by atoms with Gasteiger partial charge in [0, 0.05) is 25.8 Å². The van der Waals surface area contributed by atoms with Crippen molar-refractivity contribution < 1.29 is 4.74 Å². The summed E-state index contributed by atoms with van der Waals surface area (Å²) in [5, 5.41) is 7.57. The average Bonchev–Trinajstić information content (AvgIpc) is 2.64. The smallest absolute Gasteiger partial charge is 0.274 e. The first-order valence-corrected chi connectivity index (χ1v) is 8.78. The van der Waals surface area contributed by atoms with Gasteiger partial charge in [-0.1, -0.05) is 43.2 Å². The molecule has 2 aromatic rings. The number of unbranched alkanes of at least 4 members (excludes halogenated alkanes) is 2. The van der Waals surface area contributed by atoms with E-state index in [0.717, 1.165) is 50.9 Å². The second-order valence-electron chi connectivity index (χ2n) is 6.19. The molecular weight excluding hydrogens is 302 g/mol. The van der Waals surface area contributed by atoms with Gasteiger partial charge in [0.05, 0.1) is 18.3 Å². The van der Waals surface area contributed by atoms with Crippen LogP contribution in [0.25, 0.3) is 11.1 Å². The molecule has 1 aromatic carbocycles. The number of hydrogen-bond acceptors (Lipinski definition) is 4. The van der Waals surface area contributed by atoms with Gasteiger partial charge in [0.25, 0.3) is 5.56 Å². The van der Waals surface area contributed by atoms with E-state index in [1.807, 2.05) is 30.3 Å². The van der Waals surface area contributed by atoms with Crippen molar-refractivity contribution in [2.75, 3.05) is 19.7 Å². The van der Waals surface area contributed by atoms with Crippen molar-refractivity contribution >= 4 is 0 Å². The lowest BCUT2D eigenvalue weighted by molar-refractivity contribution is 0.0220. The topological polar surface area (TPSA) is 56.2 Å². The van der Waals surface area contributed by atoms with Crippen LogP contribution in [0, 0.1) is 0 Å². The maximum Gasteiger partial charge on any atom is 0.274 e. The Morgan fingerprint density at radius 3 is 2.83 bits per heavy atom. The van der Waals surface area contributed by atoms with Gasteiger partial charge in [0.15, 0.2) is 0 Å². The molecule has 0 radical (unpaired) electrons. The number of aryl methyl sites for hydroxylation is 1. The molecule has 5 nitrogen and oxygen atoms in total. The van der Waals surface area contributed by atoms with Crippen LogP contribution in [0.2, 0.25) is 0 Å². The van der Waals surface area contributed by atoms with E-state index in [-0.39, 0.29) is 5.56 Å². The van der Waals surface area contributed by atoms with E-state index in [0.29, 0.717) is 18.2 Å². The zero-order chi connectivity index (χ0) is 16.6. The Hall–Kier alpha value is -1.98. The summed E-state index contributed by atoms with van der Waals surface area (Å²) in [6, 6.07) is 11.6. The van der Waals surface area contributed by atoms with Gasteiger partial charge in [0.2, 0.25) is 0 Å². The molecule has 128 valence electrons. The van der Waals surface area contributed by atoms with Crippen molar-refractivity contribution in [3.63, 3.8) is 0 Å². The summed E-state index contributed by atoms with van der Waals surface area (Å²) in [7, 11) is 0. The first-order valence-electron chi connectivity index (χ1n) is 8.78. The highest BCUT2D eigenvalue weighted by atomic mass is 16.5. The molecule has 1 saturated heterocycles. The largest absolute Gasteiger partial charge is 0.376 e. The third-order valence-electron chi connectivity index (χ3n) is 4.40. The molecule has 3 rings (SSSR count). The molecule has 0 saturated carbocycles. The van der Waals surface area contributed by atoms with Crippen molar-refractivity contribution in [1.82, 2.24) is 15.1 Å². The van der Waals surface area contributed by atoms with Gasteiger partial charge in [-0.15, -0.1) is 0 Å². The van der Waals surface area contributed by atoms with Crippen LogP contribution in [0.4, 0.5) is 0 Å². The molecular formula is C19H25N3O2. The Labute approximate surface area is 142 Å². The number of benzene rings is 1.